The van der Waals surface area contributed by atoms with Crippen LogP contribution in [0.2, 0.25) is 0 Å². The molecule has 1 aliphatic heterocycles. The molecule has 3 heterocycles. The van der Waals surface area contributed by atoms with Crippen molar-refractivity contribution in [2.75, 3.05) is 19.6 Å². The van der Waals surface area contributed by atoms with Gasteiger partial charge in [0.1, 0.15) is 6.04 Å². The highest BCUT2D eigenvalue weighted by molar-refractivity contribution is 7.12. The average Bonchev–Trinajstić information content (AvgIpc) is 3.21. The van der Waals surface area contributed by atoms with Crippen LogP contribution in [0.15, 0.2) is 22.0 Å². The highest BCUT2D eigenvalue weighted by Gasteiger charge is 2.34. The molecule has 1 saturated heterocycles. The van der Waals surface area contributed by atoms with Gasteiger partial charge in [-0.1, -0.05) is 18.1 Å². The van der Waals surface area contributed by atoms with Crippen LogP contribution in [0.25, 0.3) is 0 Å². The van der Waals surface area contributed by atoms with Crippen molar-refractivity contribution in [3.63, 3.8) is 0 Å². The molecule has 0 N–H and O–H groups in total. The first kappa shape index (κ1) is 16.6. The number of amides is 2. The van der Waals surface area contributed by atoms with Crippen LogP contribution in [-0.4, -0.2) is 51.4 Å². The Hall–Kier alpha value is -2.22. The number of hydrogen-bond acceptors (Lipinski definition) is 6. The van der Waals surface area contributed by atoms with E-state index < -0.39 is 6.04 Å². The third-order valence-electron chi connectivity index (χ3n) is 4.07. The molecule has 24 heavy (non-hydrogen) atoms. The van der Waals surface area contributed by atoms with Crippen LogP contribution < -0.4 is 0 Å². The largest absolute Gasteiger partial charge is 0.337 e. The molecule has 0 radical (unpaired) electrons. The molecule has 128 valence electrons. The minimum absolute atomic E-state index is 0.0166. The van der Waals surface area contributed by atoms with Gasteiger partial charge in [0, 0.05) is 19.5 Å². The molecule has 1 atom stereocenters. The Kier molecular flexibility index (Phi) is 4.94. The van der Waals surface area contributed by atoms with E-state index in [0.29, 0.717) is 42.6 Å². The topological polar surface area (TPSA) is 79.5 Å². The lowest BCUT2D eigenvalue weighted by molar-refractivity contribution is -0.133. The summed E-state index contributed by atoms with van der Waals surface area (Å²) in [6, 6.07) is 3.28. The fraction of sp³-hybridized carbons (Fsp3) is 0.500. The smallest absolute Gasteiger partial charge is 0.264 e. The molecule has 1 unspecified atom stereocenters. The second-order valence-electron chi connectivity index (χ2n) is 5.72. The van der Waals surface area contributed by atoms with Crippen molar-refractivity contribution < 1.29 is 14.1 Å². The van der Waals surface area contributed by atoms with Gasteiger partial charge < -0.3 is 14.3 Å². The van der Waals surface area contributed by atoms with Crippen LogP contribution in [0.4, 0.5) is 0 Å². The van der Waals surface area contributed by atoms with Crippen LogP contribution in [0.1, 0.15) is 47.2 Å². The predicted octanol–water partition coefficient (Wildman–Crippen LogP) is 2.27. The third kappa shape index (κ3) is 3.33. The number of nitrogens with zero attached hydrogens (tertiary/aromatic N) is 4. The van der Waals surface area contributed by atoms with Crippen LogP contribution in [0.3, 0.4) is 0 Å². The maximum atomic E-state index is 12.7. The highest BCUT2D eigenvalue weighted by atomic mass is 32.1. The summed E-state index contributed by atoms with van der Waals surface area (Å²) < 4.78 is 5.31. The van der Waals surface area contributed by atoms with Crippen LogP contribution in [0.5, 0.6) is 0 Å². The average molecular weight is 348 g/mol. The van der Waals surface area contributed by atoms with Crippen molar-refractivity contribution in [2.45, 2.75) is 32.7 Å². The normalized spacial score (nSPS) is 18.5. The Morgan fingerprint density at radius 1 is 1.42 bits per heavy atom. The van der Waals surface area contributed by atoms with Gasteiger partial charge in [0.2, 0.25) is 5.91 Å². The first-order valence-corrected chi connectivity index (χ1v) is 8.90. The fourth-order valence-corrected chi connectivity index (χ4v) is 3.58. The third-order valence-corrected chi connectivity index (χ3v) is 4.92. The zero-order valence-electron chi connectivity index (χ0n) is 13.8. The Morgan fingerprint density at radius 2 is 2.25 bits per heavy atom. The molecular weight excluding hydrogens is 328 g/mol. The van der Waals surface area contributed by atoms with Gasteiger partial charge in [-0.2, -0.15) is 4.98 Å². The molecule has 8 heteroatoms. The van der Waals surface area contributed by atoms with Crippen molar-refractivity contribution >= 4 is 23.2 Å². The number of hydrogen-bond donors (Lipinski definition) is 0. The Balaban J connectivity index is 1.88. The molecule has 1 aliphatic rings. The van der Waals surface area contributed by atoms with Gasteiger partial charge in [0.05, 0.1) is 11.4 Å². The van der Waals surface area contributed by atoms with E-state index >= 15 is 0 Å². The minimum Gasteiger partial charge on any atom is -0.337 e. The van der Waals surface area contributed by atoms with E-state index in [1.165, 1.54) is 11.3 Å². The highest BCUT2D eigenvalue weighted by Crippen LogP contribution is 2.26. The summed E-state index contributed by atoms with van der Waals surface area (Å²) in [5.41, 5.74) is 0. The Morgan fingerprint density at radius 3 is 2.88 bits per heavy atom. The maximum absolute atomic E-state index is 12.7. The summed E-state index contributed by atoms with van der Waals surface area (Å²) in [7, 11) is 0. The molecule has 3 rings (SSSR count). The van der Waals surface area contributed by atoms with Gasteiger partial charge >= 0.3 is 0 Å². The van der Waals surface area contributed by atoms with Gasteiger partial charge in [-0.25, -0.2) is 0 Å². The zero-order chi connectivity index (χ0) is 17.1. The number of aryl methyl sites for hydroxylation is 1. The quantitative estimate of drug-likeness (QED) is 0.850. The molecule has 0 bridgehead atoms. The van der Waals surface area contributed by atoms with Gasteiger partial charge in [0.25, 0.3) is 11.8 Å². The lowest BCUT2D eigenvalue weighted by atomic mass is 10.2. The molecule has 0 aromatic carbocycles. The van der Waals surface area contributed by atoms with Crippen LogP contribution in [-0.2, 0) is 4.79 Å². The van der Waals surface area contributed by atoms with Crippen LogP contribution >= 0.6 is 11.3 Å². The first-order chi connectivity index (χ1) is 11.6. The molecule has 2 aromatic rings. The van der Waals surface area contributed by atoms with E-state index in [-0.39, 0.29) is 11.8 Å². The van der Waals surface area contributed by atoms with E-state index in [4.69, 9.17) is 4.52 Å². The van der Waals surface area contributed by atoms with Gasteiger partial charge in [-0.15, -0.1) is 11.3 Å². The summed E-state index contributed by atoms with van der Waals surface area (Å²) in [5.74, 6) is 0.924. The summed E-state index contributed by atoms with van der Waals surface area (Å²) >= 11 is 1.42. The van der Waals surface area contributed by atoms with Crippen molar-refractivity contribution in [1.82, 2.24) is 19.9 Å². The maximum Gasteiger partial charge on any atom is 0.264 e. The van der Waals surface area contributed by atoms with Gasteiger partial charge in [-0.05, 0) is 24.8 Å². The van der Waals surface area contributed by atoms with Crippen molar-refractivity contribution in [2.24, 2.45) is 0 Å². The summed E-state index contributed by atoms with van der Waals surface area (Å²) in [6.45, 7) is 5.12. The molecule has 0 saturated carbocycles. The molecule has 2 aromatic heterocycles. The fourth-order valence-electron chi connectivity index (χ4n) is 2.89. The van der Waals surface area contributed by atoms with Crippen molar-refractivity contribution in [1.29, 1.82) is 0 Å². The Bertz CT molecular complexity index is 713. The monoisotopic (exact) mass is 348 g/mol. The standard InChI is InChI=1S/C16H20N4O3S/c1-3-14(21)20-8-5-7-19(16(22)13-6-4-9-24-13)10-12(20)15-17-11(2)18-23-15/h4,6,9,12H,3,5,7-8,10H2,1-2H3. The molecular formula is C16H20N4O3S. The lowest BCUT2D eigenvalue weighted by Gasteiger charge is -2.29. The summed E-state index contributed by atoms with van der Waals surface area (Å²) in [5, 5.41) is 5.72. The Labute approximate surface area is 144 Å². The molecule has 7 nitrogen and oxygen atoms in total. The van der Waals surface area contributed by atoms with E-state index in [0.717, 1.165) is 6.42 Å². The van der Waals surface area contributed by atoms with E-state index in [9.17, 15) is 9.59 Å². The van der Waals surface area contributed by atoms with Gasteiger partial charge in [0.15, 0.2) is 5.82 Å². The van der Waals surface area contributed by atoms with Crippen molar-refractivity contribution in [3.05, 3.63) is 34.1 Å². The number of thiophene rings is 1. The van der Waals surface area contributed by atoms with E-state index in [1.54, 1.807) is 16.7 Å². The SMILES string of the molecule is CCC(=O)N1CCCN(C(=O)c2cccs2)CC1c1nc(C)no1. The first-order valence-electron chi connectivity index (χ1n) is 8.02. The molecule has 0 aliphatic carbocycles. The van der Waals surface area contributed by atoms with Crippen LogP contribution in [0, 0.1) is 6.92 Å². The summed E-state index contributed by atoms with van der Waals surface area (Å²) in [4.78, 5) is 33.6. The van der Waals surface area contributed by atoms with E-state index in [2.05, 4.69) is 10.1 Å². The predicted molar refractivity (Wildman–Crippen MR) is 88.6 cm³/mol. The molecule has 2 amide bonds. The number of carbonyl (C=O) groups is 2. The number of aromatic nitrogens is 2. The lowest BCUT2D eigenvalue weighted by Crippen LogP contribution is -2.40. The molecule has 0 spiro atoms. The minimum atomic E-state index is -0.398. The van der Waals surface area contributed by atoms with E-state index in [1.807, 2.05) is 24.4 Å². The number of carbonyl (C=O) groups excluding carboxylic acids is 2. The van der Waals surface area contributed by atoms with Crippen molar-refractivity contribution in [3.8, 4) is 0 Å². The number of rotatable bonds is 3. The molecule has 1 fully saturated rings. The summed E-state index contributed by atoms with van der Waals surface area (Å²) in [6.07, 6.45) is 1.13. The van der Waals surface area contributed by atoms with Gasteiger partial charge in [-0.3, -0.25) is 9.59 Å². The zero-order valence-corrected chi connectivity index (χ0v) is 14.6. The second kappa shape index (κ2) is 7.12. The second-order valence-corrected chi connectivity index (χ2v) is 6.67.